The monoisotopic (exact) mass is 203 g/mol. The van der Waals surface area contributed by atoms with Crippen molar-refractivity contribution in [3.05, 3.63) is 0 Å². The van der Waals surface area contributed by atoms with Crippen LogP contribution in [-0.2, 0) is 9.47 Å². The second-order valence-corrected chi connectivity index (χ2v) is 3.51. The van der Waals surface area contributed by atoms with Gasteiger partial charge in [-0.25, -0.2) is 0 Å². The lowest BCUT2D eigenvalue weighted by molar-refractivity contribution is -0.00454. The highest BCUT2D eigenvalue weighted by molar-refractivity contribution is 4.48. The summed E-state index contributed by atoms with van der Waals surface area (Å²) >= 11 is 0. The molecule has 1 N–H and O–H groups in total. The normalized spacial score (nSPS) is 13.1. The van der Waals surface area contributed by atoms with E-state index < -0.39 is 0 Å². The van der Waals surface area contributed by atoms with E-state index in [2.05, 4.69) is 12.2 Å². The summed E-state index contributed by atoms with van der Waals surface area (Å²) in [4.78, 5) is 0. The molecular weight excluding hydrogens is 178 g/mol. The highest BCUT2D eigenvalue weighted by Gasteiger charge is 2.00. The molecule has 0 radical (unpaired) electrons. The number of unbranched alkanes of at least 4 members (excludes halogenated alkanes) is 2. The van der Waals surface area contributed by atoms with Crippen molar-refractivity contribution in [2.45, 2.75) is 39.2 Å². The van der Waals surface area contributed by atoms with E-state index in [4.69, 9.17) is 9.47 Å². The zero-order valence-corrected chi connectivity index (χ0v) is 9.84. The van der Waals surface area contributed by atoms with E-state index in [0.717, 1.165) is 26.2 Å². The Morgan fingerprint density at radius 2 is 2.00 bits per heavy atom. The third kappa shape index (κ3) is 9.96. The highest BCUT2D eigenvalue weighted by atomic mass is 16.5. The first-order chi connectivity index (χ1) is 6.81. The van der Waals surface area contributed by atoms with Crippen molar-refractivity contribution in [2.75, 3.05) is 33.4 Å². The summed E-state index contributed by atoms with van der Waals surface area (Å²) in [6.07, 6.45) is 3.86. The Kier molecular flexibility index (Phi) is 10.9. The minimum absolute atomic E-state index is 0.235. The number of hydrogen-bond acceptors (Lipinski definition) is 3. The van der Waals surface area contributed by atoms with Crippen LogP contribution in [0.4, 0.5) is 0 Å². The van der Waals surface area contributed by atoms with E-state index in [-0.39, 0.29) is 6.10 Å². The predicted octanol–water partition coefficient (Wildman–Crippen LogP) is 1.82. The quantitative estimate of drug-likeness (QED) is 0.549. The molecule has 0 heterocycles. The maximum Gasteiger partial charge on any atom is 0.0780 e. The lowest BCUT2D eigenvalue weighted by Gasteiger charge is -2.12. The molecular formula is C11H25NO2. The molecule has 0 aliphatic heterocycles. The van der Waals surface area contributed by atoms with Crippen molar-refractivity contribution in [3.8, 4) is 0 Å². The van der Waals surface area contributed by atoms with Crippen LogP contribution in [0.2, 0.25) is 0 Å². The molecule has 1 atom stereocenters. The van der Waals surface area contributed by atoms with Gasteiger partial charge in [0.1, 0.15) is 0 Å². The van der Waals surface area contributed by atoms with E-state index in [1.54, 1.807) is 0 Å². The minimum atomic E-state index is 0.235. The first-order valence-electron chi connectivity index (χ1n) is 5.65. The number of ether oxygens (including phenoxy) is 2. The molecule has 0 rings (SSSR count). The summed E-state index contributed by atoms with van der Waals surface area (Å²) in [6, 6.07) is 0. The standard InChI is InChI=1S/C11H25NO2/c1-4-13-10-11(2)14-9-7-5-6-8-12-3/h11-12H,4-10H2,1-3H3. The lowest BCUT2D eigenvalue weighted by atomic mass is 10.2. The Morgan fingerprint density at radius 1 is 1.21 bits per heavy atom. The van der Waals surface area contributed by atoms with Gasteiger partial charge >= 0.3 is 0 Å². The molecule has 14 heavy (non-hydrogen) atoms. The number of nitrogens with one attached hydrogen (secondary N) is 1. The molecule has 3 heteroatoms. The summed E-state index contributed by atoms with van der Waals surface area (Å²) < 4.78 is 10.8. The maximum atomic E-state index is 5.58. The highest BCUT2D eigenvalue weighted by Crippen LogP contribution is 1.98. The largest absolute Gasteiger partial charge is 0.379 e. The zero-order valence-electron chi connectivity index (χ0n) is 9.84. The Morgan fingerprint density at radius 3 is 2.64 bits per heavy atom. The Bertz CT molecular complexity index is 109. The zero-order chi connectivity index (χ0) is 10.6. The molecule has 0 saturated carbocycles. The van der Waals surface area contributed by atoms with E-state index >= 15 is 0 Å². The van der Waals surface area contributed by atoms with Gasteiger partial charge in [-0.05, 0) is 46.7 Å². The molecule has 0 amide bonds. The number of rotatable bonds is 10. The van der Waals surface area contributed by atoms with Gasteiger partial charge in [0.05, 0.1) is 12.7 Å². The van der Waals surface area contributed by atoms with Crippen LogP contribution < -0.4 is 5.32 Å². The van der Waals surface area contributed by atoms with Gasteiger partial charge in [0.15, 0.2) is 0 Å². The van der Waals surface area contributed by atoms with Gasteiger partial charge in [0, 0.05) is 13.2 Å². The first kappa shape index (κ1) is 13.9. The van der Waals surface area contributed by atoms with Gasteiger partial charge in [-0.2, -0.15) is 0 Å². The molecule has 0 bridgehead atoms. The maximum absolute atomic E-state index is 5.58. The predicted molar refractivity (Wildman–Crippen MR) is 59.7 cm³/mol. The van der Waals surface area contributed by atoms with Crippen LogP contribution in [0.3, 0.4) is 0 Å². The van der Waals surface area contributed by atoms with Crippen molar-refractivity contribution >= 4 is 0 Å². The number of hydrogen-bond donors (Lipinski definition) is 1. The van der Waals surface area contributed by atoms with Crippen molar-refractivity contribution in [1.82, 2.24) is 5.32 Å². The van der Waals surface area contributed by atoms with E-state index in [1.807, 2.05) is 14.0 Å². The van der Waals surface area contributed by atoms with Crippen LogP contribution in [0, 0.1) is 0 Å². The molecule has 0 aliphatic carbocycles. The summed E-state index contributed by atoms with van der Waals surface area (Å²) in [6.45, 7) is 7.52. The average molecular weight is 203 g/mol. The average Bonchev–Trinajstić information content (AvgIpc) is 2.20. The van der Waals surface area contributed by atoms with Crippen molar-refractivity contribution < 1.29 is 9.47 Å². The summed E-state index contributed by atoms with van der Waals surface area (Å²) in [5.74, 6) is 0. The van der Waals surface area contributed by atoms with Gasteiger partial charge in [0.2, 0.25) is 0 Å². The lowest BCUT2D eigenvalue weighted by Crippen LogP contribution is -2.16. The molecule has 0 aliphatic rings. The molecule has 1 unspecified atom stereocenters. The fraction of sp³-hybridized carbons (Fsp3) is 1.00. The molecule has 86 valence electrons. The summed E-state index contributed by atoms with van der Waals surface area (Å²) in [7, 11) is 1.99. The SMILES string of the molecule is CCOCC(C)OCCCCCNC. The molecule has 0 fully saturated rings. The molecule has 0 spiro atoms. The van der Waals surface area contributed by atoms with Crippen LogP contribution >= 0.6 is 0 Å². The van der Waals surface area contributed by atoms with E-state index in [1.165, 1.54) is 12.8 Å². The summed E-state index contributed by atoms with van der Waals surface area (Å²) in [5.41, 5.74) is 0. The van der Waals surface area contributed by atoms with Crippen LogP contribution in [0.1, 0.15) is 33.1 Å². The van der Waals surface area contributed by atoms with Gasteiger partial charge < -0.3 is 14.8 Å². The third-order valence-corrected chi connectivity index (χ3v) is 2.03. The molecule has 3 nitrogen and oxygen atoms in total. The van der Waals surface area contributed by atoms with Crippen molar-refractivity contribution in [3.63, 3.8) is 0 Å². The van der Waals surface area contributed by atoms with Crippen LogP contribution in [0.25, 0.3) is 0 Å². The van der Waals surface area contributed by atoms with Gasteiger partial charge in [0.25, 0.3) is 0 Å². The van der Waals surface area contributed by atoms with Crippen LogP contribution in [-0.4, -0.2) is 39.5 Å². The smallest absolute Gasteiger partial charge is 0.0780 e. The van der Waals surface area contributed by atoms with Gasteiger partial charge in [-0.3, -0.25) is 0 Å². The van der Waals surface area contributed by atoms with Crippen LogP contribution in [0.15, 0.2) is 0 Å². The molecule has 0 saturated heterocycles. The first-order valence-corrected chi connectivity index (χ1v) is 5.65. The minimum Gasteiger partial charge on any atom is -0.379 e. The third-order valence-electron chi connectivity index (χ3n) is 2.03. The Hall–Kier alpha value is -0.120. The Balaban J connectivity index is 3.02. The molecule has 0 aromatic heterocycles. The molecule has 0 aromatic carbocycles. The second-order valence-electron chi connectivity index (χ2n) is 3.51. The van der Waals surface area contributed by atoms with Gasteiger partial charge in [-0.15, -0.1) is 0 Å². The van der Waals surface area contributed by atoms with Crippen LogP contribution in [0.5, 0.6) is 0 Å². The summed E-state index contributed by atoms with van der Waals surface area (Å²) in [5, 5.41) is 3.13. The molecule has 0 aromatic rings. The van der Waals surface area contributed by atoms with Crippen molar-refractivity contribution in [1.29, 1.82) is 0 Å². The van der Waals surface area contributed by atoms with E-state index in [9.17, 15) is 0 Å². The topological polar surface area (TPSA) is 30.5 Å². The van der Waals surface area contributed by atoms with Crippen molar-refractivity contribution in [2.24, 2.45) is 0 Å². The van der Waals surface area contributed by atoms with Gasteiger partial charge in [-0.1, -0.05) is 0 Å². The Labute approximate surface area is 88.2 Å². The van der Waals surface area contributed by atoms with E-state index in [0.29, 0.717) is 6.61 Å². The fourth-order valence-electron chi connectivity index (χ4n) is 1.20. The fourth-order valence-corrected chi connectivity index (χ4v) is 1.20. The second kappa shape index (κ2) is 11.0.